The van der Waals surface area contributed by atoms with E-state index in [2.05, 4.69) is 31.1 Å². The largest absolute Gasteiger partial charge is 0.265 e. The summed E-state index contributed by atoms with van der Waals surface area (Å²) in [6.07, 6.45) is 2.98. The Kier molecular flexibility index (Phi) is 2.68. The lowest BCUT2D eigenvalue weighted by atomic mass is 10.3. The fraction of sp³-hybridized carbons (Fsp3) is 0.364. The van der Waals surface area contributed by atoms with Crippen molar-refractivity contribution in [3.63, 3.8) is 0 Å². The molecule has 2 nitrogen and oxygen atoms in total. The van der Waals surface area contributed by atoms with Crippen LogP contribution in [0.4, 0.5) is 0 Å². The zero-order valence-corrected chi connectivity index (χ0v) is 9.34. The lowest BCUT2D eigenvalue weighted by molar-refractivity contribution is 0.672. The molecule has 0 unspecified atom stereocenters. The van der Waals surface area contributed by atoms with E-state index in [1.807, 2.05) is 28.3 Å². The molecule has 0 fully saturated rings. The summed E-state index contributed by atoms with van der Waals surface area (Å²) in [5.74, 6) is 0. The van der Waals surface area contributed by atoms with Gasteiger partial charge in [0.25, 0.3) is 0 Å². The van der Waals surface area contributed by atoms with E-state index in [9.17, 15) is 0 Å². The molecule has 0 radical (unpaired) electrons. The molecule has 0 aliphatic rings. The Hall–Kier alpha value is -1.09. The molecule has 0 atom stereocenters. The van der Waals surface area contributed by atoms with Gasteiger partial charge in [-0.25, -0.2) is 0 Å². The highest BCUT2D eigenvalue weighted by Crippen LogP contribution is 2.18. The molecule has 0 aliphatic carbocycles. The molecule has 0 aliphatic heterocycles. The minimum atomic E-state index is 0.906. The number of nitrogens with zero attached hydrogens (tertiary/aromatic N) is 2. The highest BCUT2D eigenvalue weighted by Gasteiger charge is 2.01. The van der Waals surface area contributed by atoms with Crippen LogP contribution in [0.5, 0.6) is 0 Å². The zero-order valence-electron chi connectivity index (χ0n) is 8.53. The van der Waals surface area contributed by atoms with Crippen molar-refractivity contribution in [1.82, 2.24) is 9.78 Å². The molecule has 2 heterocycles. The van der Waals surface area contributed by atoms with Crippen LogP contribution < -0.4 is 0 Å². The first-order valence-electron chi connectivity index (χ1n) is 4.85. The summed E-state index contributed by atoms with van der Waals surface area (Å²) in [7, 11) is 0. The summed E-state index contributed by atoms with van der Waals surface area (Å²) in [5.41, 5.74) is 1.22. The molecule has 0 saturated heterocycles. The quantitative estimate of drug-likeness (QED) is 0.755. The van der Waals surface area contributed by atoms with Crippen molar-refractivity contribution >= 4 is 11.3 Å². The Labute approximate surface area is 88.2 Å². The van der Waals surface area contributed by atoms with Crippen molar-refractivity contribution in [1.29, 1.82) is 0 Å². The molecule has 2 aromatic heterocycles. The van der Waals surface area contributed by atoms with E-state index in [0.717, 1.165) is 13.0 Å². The maximum absolute atomic E-state index is 4.27. The summed E-state index contributed by atoms with van der Waals surface area (Å²) in [6, 6.07) is 6.44. The molecular formula is C11H14N2S. The van der Waals surface area contributed by atoms with E-state index in [4.69, 9.17) is 0 Å². The molecule has 0 amide bonds. The van der Waals surface area contributed by atoms with Gasteiger partial charge in [0.15, 0.2) is 0 Å². The number of rotatable bonds is 3. The minimum absolute atomic E-state index is 0.906. The Bertz CT molecular complexity index is 414. The van der Waals surface area contributed by atoms with E-state index in [1.54, 1.807) is 0 Å². The van der Waals surface area contributed by atoms with Gasteiger partial charge in [-0.2, -0.15) is 5.10 Å². The number of hydrogen-bond acceptors (Lipinski definition) is 2. The average Bonchev–Trinajstić information content (AvgIpc) is 2.77. The van der Waals surface area contributed by atoms with Crippen LogP contribution in [0.15, 0.2) is 24.4 Å². The topological polar surface area (TPSA) is 17.8 Å². The van der Waals surface area contributed by atoms with Crippen molar-refractivity contribution in [2.24, 2.45) is 0 Å². The second-order valence-corrected chi connectivity index (χ2v) is 4.60. The van der Waals surface area contributed by atoms with E-state index in [1.165, 1.54) is 15.4 Å². The van der Waals surface area contributed by atoms with Crippen molar-refractivity contribution in [3.8, 4) is 0 Å². The molecule has 14 heavy (non-hydrogen) atoms. The van der Waals surface area contributed by atoms with Gasteiger partial charge in [-0.15, -0.1) is 11.3 Å². The second-order valence-electron chi connectivity index (χ2n) is 3.35. The lowest BCUT2D eigenvalue weighted by Crippen LogP contribution is -2.01. The Morgan fingerprint density at radius 2 is 2.07 bits per heavy atom. The summed E-state index contributed by atoms with van der Waals surface area (Å²) < 4.78 is 2.03. The molecule has 0 aromatic carbocycles. The van der Waals surface area contributed by atoms with Gasteiger partial charge in [-0.1, -0.05) is 6.92 Å². The van der Waals surface area contributed by atoms with Crippen LogP contribution in [0, 0.1) is 6.92 Å². The molecule has 2 rings (SSSR count). The lowest BCUT2D eigenvalue weighted by Gasteiger charge is -2.00. The van der Waals surface area contributed by atoms with Gasteiger partial charge < -0.3 is 0 Å². The number of aryl methyl sites for hydroxylation is 2. The average molecular weight is 206 g/mol. The predicted molar refractivity (Wildman–Crippen MR) is 59.8 cm³/mol. The first kappa shape index (κ1) is 9.46. The van der Waals surface area contributed by atoms with Gasteiger partial charge in [0.2, 0.25) is 0 Å². The highest BCUT2D eigenvalue weighted by atomic mass is 32.1. The number of hydrogen-bond donors (Lipinski definition) is 0. The maximum atomic E-state index is 4.27. The van der Waals surface area contributed by atoms with E-state index < -0.39 is 0 Å². The molecule has 0 N–H and O–H groups in total. The molecular weight excluding hydrogens is 192 g/mol. The maximum Gasteiger partial charge on any atom is 0.0755 e. The summed E-state index contributed by atoms with van der Waals surface area (Å²) in [6.45, 7) is 5.18. The third-order valence-electron chi connectivity index (χ3n) is 2.30. The second kappa shape index (κ2) is 3.96. The Morgan fingerprint density at radius 1 is 1.29 bits per heavy atom. The van der Waals surface area contributed by atoms with Crippen LogP contribution in [0.2, 0.25) is 0 Å². The number of thiophene rings is 1. The van der Waals surface area contributed by atoms with Gasteiger partial charge in [0.1, 0.15) is 0 Å². The van der Waals surface area contributed by atoms with Crippen molar-refractivity contribution in [2.75, 3.05) is 0 Å². The first-order chi connectivity index (χ1) is 6.79. The summed E-state index contributed by atoms with van der Waals surface area (Å²) in [5, 5.41) is 4.27. The van der Waals surface area contributed by atoms with Gasteiger partial charge >= 0.3 is 0 Å². The highest BCUT2D eigenvalue weighted by molar-refractivity contribution is 7.11. The third kappa shape index (κ3) is 1.87. The molecule has 0 spiro atoms. The van der Waals surface area contributed by atoms with E-state index >= 15 is 0 Å². The first-order valence-corrected chi connectivity index (χ1v) is 5.67. The van der Waals surface area contributed by atoms with Crippen molar-refractivity contribution < 1.29 is 0 Å². The predicted octanol–water partition coefficient (Wildman–Crippen LogP) is 2.86. The van der Waals surface area contributed by atoms with Gasteiger partial charge in [0.05, 0.1) is 6.54 Å². The van der Waals surface area contributed by atoms with E-state index in [-0.39, 0.29) is 0 Å². The standard InChI is InChI=1S/C11H14N2S/c1-3-10-4-5-11(14-10)8-13-9(2)6-7-12-13/h4-7H,3,8H2,1-2H3. The Balaban J connectivity index is 2.15. The molecule has 3 heteroatoms. The van der Waals surface area contributed by atoms with Gasteiger partial charge in [0, 0.05) is 21.6 Å². The van der Waals surface area contributed by atoms with Crippen LogP contribution in [-0.4, -0.2) is 9.78 Å². The Morgan fingerprint density at radius 3 is 2.64 bits per heavy atom. The van der Waals surface area contributed by atoms with Crippen LogP contribution in [0.1, 0.15) is 22.4 Å². The fourth-order valence-corrected chi connectivity index (χ4v) is 2.35. The molecule has 74 valence electrons. The third-order valence-corrected chi connectivity index (χ3v) is 3.51. The SMILES string of the molecule is CCc1ccc(Cn2nccc2C)s1. The van der Waals surface area contributed by atoms with Crippen molar-refractivity contribution in [2.45, 2.75) is 26.8 Å². The smallest absolute Gasteiger partial charge is 0.0755 e. The van der Waals surface area contributed by atoms with Crippen molar-refractivity contribution in [3.05, 3.63) is 39.8 Å². The zero-order chi connectivity index (χ0) is 9.97. The molecule has 2 aromatic rings. The molecule has 0 saturated carbocycles. The van der Waals surface area contributed by atoms with Crippen LogP contribution in [0.25, 0.3) is 0 Å². The number of aromatic nitrogens is 2. The monoisotopic (exact) mass is 206 g/mol. The fourth-order valence-electron chi connectivity index (χ4n) is 1.41. The van der Waals surface area contributed by atoms with Crippen LogP contribution in [-0.2, 0) is 13.0 Å². The van der Waals surface area contributed by atoms with Gasteiger partial charge in [-0.05, 0) is 31.5 Å². The summed E-state index contributed by atoms with van der Waals surface area (Å²) in [4.78, 5) is 2.83. The minimum Gasteiger partial charge on any atom is -0.265 e. The van der Waals surface area contributed by atoms with Crippen LogP contribution >= 0.6 is 11.3 Å². The van der Waals surface area contributed by atoms with Crippen LogP contribution in [0.3, 0.4) is 0 Å². The molecule has 0 bridgehead atoms. The normalized spacial score (nSPS) is 10.7. The van der Waals surface area contributed by atoms with Gasteiger partial charge in [-0.3, -0.25) is 4.68 Å². The van der Waals surface area contributed by atoms with E-state index in [0.29, 0.717) is 0 Å². The summed E-state index contributed by atoms with van der Waals surface area (Å²) >= 11 is 1.88.